The number of nitrogens with one attached hydrogen (secondary N) is 2. The van der Waals surface area contributed by atoms with Gasteiger partial charge in [0.1, 0.15) is 18.0 Å². The molecular weight excluding hydrogens is 224 g/mol. The third-order valence-electron chi connectivity index (χ3n) is 4.18. The molecule has 0 bridgehead atoms. The summed E-state index contributed by atoms with van der Waals surface area (Å²) in [4.78, 5) is 8.52. The van der Waals surface area contributed by atoms with E-state index in [9.17, 15) is 0 Å². The summed E-state index contributed by atoms with van der Waals surface area (Å²) < 4.78 is 0. The molecule has 2 N–H and O–H groups in total. The Morgan fingerprint density at radius 3 is 2.56 bits per heavy atom. The lowest BCUT2D eigenvalue weighted by atomic mass is 10.0. The fourth-order valence-electron chi connectivity index (χ4n) is 2.66. The van der Waals surface area contributed by atoms with E-state index in [-0.39, 0.29) is 0 Å². The molecule has 0 radical (unpaired) electrons. The van der Waals surface area contributed by atoms with Crippen molar-refractivity contribution in [2.45, 2.75) is 39.0 Å². The molecule has 0 spiro atoms. The van der Waals surface area contributed by atoms with Crippen LogP contribution >= 0.6 is 0 Å². The summed E-state index contributed by atoms with van der Waals surface area (Å²) >= 11 is 0. The summed E-state index contributed by atoms with van der Waals surface area (Å²) in [6, 6.07) is 2.01. The van der Waals surface area contributed by atoms with Crippen molar-refractivity contribution in [3.63, 3.8) is 0 Å². The van der Waals surface area contributed by atoms with E-state index >= 15 is 0 Å². The Bertz CT molecular complexity index is 410. The number of aromatic nitrogens is 2. The van der Waals surface area contributed by atoms with Gasteiger partial charge in [0.25, 0.3) is 0 Å². The molecule has 0 amide bonds. The highest BCUT2D eigenvalue weighted by Gasteiger charge is 2.53. The van der Waals surface area contributed by atoms with Gasteiger partial charge in [-0.2, -0.15) is 0 Å². The Morgan fingerprint density at radius 1 is 1.22 bits per heavy atom. The molecule has 4 nitrogen and oxygen atoms in total. The van der Waals surface area contributed by atoms with Crippen LogP contribution in [-0.4, -0.2) is 23.1 Å². The van der Waals surface area contributed by atoms with Gasteiger partial charge < -0.3 is 10.6 Å². The van der Waals surface area contributed by atoms with Gasteiger partial charge in [-0.25, -0.2) is 9.97 Å². The Morgan fingerprint density at radius 2 is 1.94 bits per heavy atom. The van der Waals surface area contributed by atoms with Crippen molar-refractivity contribution < 1.29 is 0 Å². The van der Waals surface area contributed by atoms with Crippen LogP contribution in [0.1, 0.15) is 39.0 Å². The van der Waals surface area contributed by atoms with Crippen molar-refractivity contribution in [2.75, 3.05) is 23.7 Å². The monoisotopic (exact) mass is 246 g/mol. The molecule has 0 unspecified atom stereocenters. The van der Waals surface area contributed by atoms with Gasteiger partial charge >= 0.3 is 0 Å². The Balaban J connectivity index is 1.55. The average Bonchev–Trinajstić information content (AvgIpc) is 3.27. The van der Waals surface area contributed by atoms with Crippen LogP contribution in [0.25, 0.3) is 0 Å². The second-order valence-electron chi connectivity index (χ2n) is 5.71. The Labute approximate surface area is 109 Å². The first-order valence-corrected chi connectivity index (χ1v) is 7.12. The lowest BCUT2D eigenvalue weighted by molar-refractivity contribution is 0.466. The van der Waals surface area contributed by atoms with E-state index in [1.807, 2.05) is 6.07 Å². The first-order valence-electron chi connectivity index (χ1n) is 7.12. The van der Waals surface area contributed by atoms with Crippen LogP contribution in [0.2, 0.25) is 0 Å². The fraction of sp³-hybridized carbons (Fsp3) is 0.714. The largest absolute Gasteiger partial charge is 0.370 e. The standard InChI is InChI=1S/C14H22N4/c1-2-7-15-12-8-13(18-10-17-12)16-9-14(5-6-14)11-3-4-11/h8,10-11H,2-7,9H2,1H3,(H2,15,16,17,18). The molecule has 1 aromatic heterocycles. The zero-order valence-electron chi connectivity index (χ0n) is 11.1. The van der Waals surface area contributed by atoms with E-state index in [1.54, 1.807) is 6.33 Å². The topological polar surface area (TPSA) is 49.8 Å². The van der Waals surface area contributed by atoms with Gasteiger partial charge in [-0.05, 0) is 43.4 Å². The molecule has 1 heterocycles. The van der Waals surface area contributed by atoms with Crippen LogP contribution < -0.4 is 10.6 Å². The molecule has 18 heavy (non-hydrogen) atoms. The minimum Gasteiger partial charge on any atom is -0.370 e. The van der Waals surface area contributed by atoms with E-state index in [0.29, 0.717) is 5.41 Å². The average molecular weight is 246 g/mol. The van der Waals surface area contributed by atoms with Crippen molar-refractivity contribution in [3.8, 4) is 0 Å². The number of anilines is 2. The van der Waals surface area contributed by atoms with Gasteiger partial charge in [0.15, 0.2) is 0 Å². The molecule has 0 aliphatic heterocycles. The second-order valence-corrected chi connectivity index (χ2v) is 5.71. The van der Waals surface area contributed by atoms with Crippen molar-refractivity contribution in [3.05, 3.63) is 12.4 Å². The SMILES string of the molecule is CCCNc1cc(NCC2(C3CC3)CC2)ncn1. The Hall–Kier alpha value is -1.32. The number of hydrogen-bond donors (Lipinski definition) is 2. The molecular formula is C14H22N4. The molecule has 2 saturated carbocycles. The van der Waals surface area contributed by atoms with Gasteiger partial charge in [0, 0.05) is 19.2 Å². The van der Waals surface area contributed by atoms with Gasteiger partial charge in [-0.3, -0.25) is 0 Å². The van der Waals surface area contributed by atoms with Crippen molar-refractivity contribution in [1.82, 2.24) is 9.97 Å². The summed E-state index contributed by atoms with van der Waals surface area (Å²) in [6.07, 6.45) is 8.42. The van der Waals surface area contributed by atoms with Gasteiger partial charge in [-0.15, -0.1) is 0 Å². The maximum absolute atomic E-state index is 4.30. The highest BCUT2D eigenvalue weighted by molar-refractivity contribution is 5.46. The summed E-state index contributed by atoms with van der Waals surface area (Å²) in [5.74, 6) is 2.87. The minimum absolute atomic E-state index is 0.613. The van der Waals surface area contributed by atoms with Crippen LogP contribution in [0.3, 0.4) is 0 Å². The van der Waals surface area contributed by atoms with E-state index in [2.05, 4.69) is 27.5 Å². The van der Waals surface area contributed by atoms with Crippen LogP contribution in [0.15, 0.2) is 12.4 Å². The zero-order chi connectivity index (χ0) is 12.4. The van der Waals surface area contributed by atoms with Gasteiger partial charge in [0.2, 0.25) is 0 Å². The molecule has 98 valence electrons. The van der Waals surface area contributed by atoms with E-state index in [1.165, 1.54) is 25.7 Å². The highest BCUT2D eigenvalue weighted by Crippen LogP contribution is 2.61. The van der Waals surface area contributed by atoms with Crippen LogP contribution in [0, 0.1) is 11.3 Å². The number of nitrogens with zero attached hydrogens (tertiary/aromatic N) is 2. The number of hydrogen-bond acceptors (Lipinski definition) is 4. The summed E-state index contributed by atoms with van der Waals surface area (Å²) in [5.41, 5.74) is 0.613. The van der Waals surface area contributed by atoms with E-state index in [0.717, 1.165) is 37.1 Å². The van der Waals surface area contributed by atoms with Crippen LogP contribution in [0.5, 0.6) is 0 Å². The molecule has 0 aromatic carbocycles. The summed E-state index contributed by atoms with van der Waals surface area (Å²) in [6.45, 7) is 4.20. The first-order chi connectivity index (χ1) is 8.82. The van der Waals surface area contributed by atoms with Crippen LogP contribution in [0.4, 0.5) is 11.6 Å². The predicted octanol–water partition coefficient (Wildman–Crippen LogP) is 2.90. The van der Waals surface area contributed by atoms with E-state index in [4.69, 9.17) is 0 Å². The van der Waals surface area contributed by atoms with Crippen molar-refractivity contribution >= 4 is 11.6 Å². The molecule has 1 aromatic rings. The maximum atomic E-state index is 4.30. The summed E-state index contributed by atoms with van der Waals surface area (Å²) in [7, 11) is 0. The van der Waals surface area contributed by atoms with Gasteiger partial charge in [-0.1, -0.05) is 6.92 Å². The maximum Gasteiger partial charge on any atom is 0.131 e. The predicted molar refractivity (Wildman–Crippen MR) is 73.7 cm³/mol. The molecule has 4 heteroatoms. The lowest BCUT2D eigenvalue weighted by Gasteiger charge is -2.15. The number of rotatable bonds is 7. The smallest absolute Gasteiger partial charge is 0.131 e. The molecule has 3 rings (SSSR count). The molecule has 0 atom stereocenters. The lowest BCUT2D eigenvalue weighted by Crippen LogP contribution is -2.18. The van der Waals surface area contributed by atoms with Crippen molar-refractivity contribution in [1.29, 1.82) is 0 Å². The van der Waals surface area contributed by atoms with Gasteiger partial charge in [0.05, 0.1) is 0 Å². The third kappa shape index (κ3) is 2.57. The molecule has 0 saturated heterocycles. The van der Waals surface area contributed by atoms with E-state index < -0.39 is 0 Å². The normalized spacial score (nSPS) is 20.5. The third-order valence-corrected chi connectivity index (χ3v) is 4.18. The highest BCUT2D eigenvalue weighted by atomic mass is 15.1. The summed E-state index contributed by atoms with van der Waals surface area (Å²) in [5, 5.41) is 6.79. The Kier molecular flexibility index (Phi) is 3.10. The zero-order valence-corrected chi connectivity index (χ0v) is 11.1. The molecule has 2 fully saturated rings. The first kappa shape index (κ1) is 11.8. The molecule has 2 aliphatic carbocycles. The molecule has 2 aliphatic rings. The fourth-order valence-corrected chi connectivity index (χ4v) is 2.66. The van der Waals surface area contributed by atoms with Crippen molar-refractivity contribution in [2.24, 2.45) is 11.3 Å². The quantitative estimate of drug-likeness (QED) is 0.776. The van der Waals surface area contributed by atoms with Crippen LogP contribution in [-0.2, 0) is 0 Å². The minimum atomic E-state index is 0.613. The second kappa shape index (κ2) is 4.75.